The van der Waals surface area contributed by atoms with E-state index in [-0.39, 0.29) is 5.82 Å². The van der Waals surface area contributed by atoms with Crippen LogP contribution in [0.5, 0.6) is 0 Å². The summed E-state index contributed by atoms with van der Waals surface area (Å²) in [6, 6.07) is 12.5. The lowest BCUT2D eigenvalue weighted by Crippen LogP contribution is -1.92. The molecule has 0 saturated heterocycles. The van der Waals surface area contributed by atoms with Gasteiger partial charge in [-0.05, 0) is 35.4 Å². The number of benzene rings is 1. The zero-order chi connectivity index (χ0) is 14.9. The first-order valence-corrected chi connectivity index (χ1v) is 6.94. The molecule has 3 nitrogen and oxygen atoms in total. The standard InChI is InChI=1S/C18H12FN3/c19-15-5-1-3-13(9-15)16-10-18-21-7-8-22(18)12-17(16)14-4-2-6-20-11-14/h1-12H. The van der Waals surface area contributed by atoms with Crippen LogP contribution >= 0.6 is 0 Å². The first-order chi connectivity index (χ1) is 10.8. The van der Waals surface area contributed by atoms with Crippen LogP contribution in [0, 0.1) is 5.82 Å². The van der Waals surface area contributed by atoms with E-state index < -0.39 is 0 Å². The van der Waals surface area contributed by atoms with Crippen molar-refractivity contribution in [2.24, 2.45) is 0 Å². The van der Waals surface area contributed by atoms with Crippen LogP contribution in [0.25, 0.3) is 27.9 Å². The molecule has 0 bridgehead atoms. The van der Waals surface area contributed by atoms with Gasteiger partial charge in [0, 0.05) is 42.1 Å². The van der Waals surface area contributed by atoms with E-state index >= 15 is 0 Å². The second-order valence-corrected chi connectivity index (χ2v) is 5.05. The molecule has 4 rings (SSSR count). The highest BCUT2D eigenvalue weighted by molar-refractivity contribution is 5.84. The van der Waals surface area contributed by atoms with Crippen molar-refractivity contribution in [3.05, 3.63) is 79.3 Å². The molecule has 106 valence electrons. The van der Waals surface area contributed by atoms with Gasteiger partial charge in [-0.15, -0.1) is 0 Å². The average Bonchev–Trinajstić information content (AvgIpc) is 3.02. The number of rotatable bonds is 2. The fourth-order valence-electron chi connectivity index (χ4n) is 2.61. The quantitative estimate of drug-likeness (QED) is 0.553. The van der Waals surface area contributed by atoms with Gasteiger partial charge in [0.05, 0.1) is 0 Å². The number of halogens is 1. The Morgan fingerprint density at radius 3 is 2.64 bits per heavy atom. The molecule has 0 N–H and O–H groups in total. The lowest BCUT2D eigenvalue weighted by Gasteiger charge is -2.11. The van der Waals surface area contributed by atoms with Crippen LogP contribution in [-0.4, -0.2) is 14.4 Å². The molecule has 0 amide bonds. The van der Waals surface area contributed by atoms with Gasteiger partial charge in [-0.3, -0.25) is 4.98 Å². The Hall–Kier alpha value is -3.01. The Labute approximate surface area is 126 Å². The predicted molar refractivity (Wildman–Crippen MR) is 83.8 cm³/mol. The zero-order valence-electron chi connectivity index (χ0n) is 11.6. The van der Waals surface area contributed by atoms with E-state index in [1.165, 1.54) is 12.1 Å². The second kappa shape index (κ2) is 5.07. The van der Waals surface area contributed by atoms with E-state index in [1.54, 1.807) is 24.7 Å². The van der Waals surface area contributed by atoms with E-state index in [0.717, 1.165) is 27.9 Å². The van der Waals surface area contributed by atoms with Crippen LogP contribution in [0.1, 0.15) is 0 Å². The Morgan fingerprint density at radius 1 is 0.909 bits per heavy atom. The molecule has 0 fully saturated rings. The molecule has 0 radical (unpaired) electrons. The number of imidazole rings is 1. The van der Waals surface area contributed by atoms with Crippen LogP contribution in [-0.2, 0) is 0 Å². The number of pyridine rings is 2. The van der Waals surface area contributed by atoms with Crippen molar-refractivity contribution in [3.8, 4) is 22.3 Å². The normalized spacial score (nSPS) is 11.0. The molecule has 4 aromatic rings. The average molecular weight is 289 g/mol. The monoisotopic (exact) mass is 289 g/mol. The second-order valence-electron chi connectivity index (χ2n) is 5.05. The minimum absolute atomic E-state index is 0.252. The third-order valence-electron chi connectivity index (χ3n) is 3.64. The van der Waals surface area contributed by atoms with Crippen molar-refractivity contribution in [1.82, 2.24) is 14.4 Å². The lowest BCUT2D eigenvalue weighted by molar-refractivity contribution is 0.628. The fraction of sp³-hybridized carbons (Fsp3) is 0. The summed E-state index contributed by atoms with van der Waals surface area (Å²) in [4.78, 5) is 8.50. The number of aromatic nitrogens is 3. The van der Waals surface area contributed by atoms with Gasteiger partial charge in [-0.2, -0.15) is 0 Å². The highest BCUT2D eigenvalue weighted by Gasteiger charge is 2.11. The molecule has 0 unspecified atom stereocenters. The first kappa shape index (κ1) is 12.7. The SMILES string of the molecule is Fc1cccc(-c2cc3nccn3cc2-c2cccnc2)c1. The summed E-state index contributed by atoms with van der Waals surface area (Å²) in [5.41, 5.74) is 4.56. The van der Waals surface area contributed by atoms with Crippen LogP contribution in [0.2, 0.25) is 0 Å². The summed E-state index contributed by atoms with van der Waals surface area (Å²) in [6.07, 6.45) is 9.18. The minimum Gasteiger partial charge on any atom is -0.306 e. The van der Waals surface area contributed by atoms with Gasteiger partial charge in [0.1, 0.15) is 11.5 Å². The van der Waals surface area contributed by atoms with Crippen molar-refractivity contribution in [3.63, 3.8) is 0 Å². The Morgan fingerprint density at radius 2 is 1.82 bits per heavy atom. The van der Waals surface area contributed by atoms with Gasteiger partial charge in [0.2, 0.25) is 0 Å². The van der Waals surface area contributed by atoms with Crippen LogP contribution in [0.15, 0.2) is 73.4 Å². The third-order valence-corrected chi connectivity index (χ3v) is 3.64. The number of hydrogen-bond acceptors (Lipinski definition) is 2. The maximum absolute atomic E-state index is 13.6. The summed E-state index contributed by atoms with van der Waals surface area (Å²) in [6.45, 7) is 0. The maximum atomic E-state index is 13.6. The van der Waals surface area contributed by atoms with Crippen molar-refractivity contribution < 1.29 is 4.39 Å². The highest BCUT2D eigenvalue weighted by atomic mass is 19.1. The summed E-state index contributed by atoms with van der Waals surface area (Å²) in [7, 11) is 0. The molecule has 1 aromatic carbocycles. The van der Waals surface area contributed by atoms with E-state index in [9.17, 15) is 4.39 Å². The predicted octanol–water partition coefficient (Wildman–Crippen LogP) is 4.20. The van der Waals surface area contributed by atoms with Gasteiger partial charge in [0.25, 0.3) is 0 Å². The molecule has 0 aliphatic rings. The molecular weight excluding hydrogens is 277 g/mol. The molecule has 4 heteroatoms. The maximum Gasteiger partial charge on any atom is 0.137 e. The summed E-state index contributed by atoms with van der Waals surface area (Å²) < 4.78 is 15.6. The van der Waals surface area contributed by atoms with Gasteiger partial charge < -0.3 is 4.40 Å². The van der Waals surface area contributed by atoms with Crippen molar-refractivity contribution in [1.29, 1.82) is 0 Å². The largest absolute Gasteiger partial charge is 0.306 e. The molecular formula is C18H12FN3. The number of nitrogens with zero attached hydrogens (tertiary/aromatic N) is 3. The topological polar surface area (TPSA) is 30.2 Å². The van der Waals surface area contributed by atoms with Crippen LogP contribution in [0.3, 0.4) is 0 Å². The molecule has 0 spiro atoms. The van der Waals surface area contributed by atoms with Gasteiger partial charge in [0.15, 0.2) is 0 Å². The van der Waals surface area contributed by atoms with Crippen molar-refractivity contribution in [2.75, 3.05) is 0 Å². The van der Waals surface area contributed by atoms with Crippen molar-refractivity contribution in [2.45, 2.75) is 0 Å². The van der Waals surface area contributed by atoms with Crippen molar-refractivity contribution >= 4 is 5.65 Å². The molecule has 3 heterocycles. The van der Waals surface area contributed by atoms with Gasteiger partial charge in [-0.1, -0.05) is 18.2 Å². The van der Waals surface area contributed by atoms with Crippen LogP contribution in [0.4, 0.5) is 4.39 Å². The molecule has 0 aliphatic heterocycles. The molecule has 22 heavy (non-hydrogen) atoms. The summed E-state index contributed by atoms with van der Waals surface area (Å²) >= 11 is 0. The number of fused-ring (bicyclic) bond motifs is 1. The summed E-state index contributed by atoms with van der Waals surface area (Å²) in [5.74, 6) is -0.252. The highest BCUT2D eigenvalue weighted by Crippen LogP contribution is 2.32. The third kappa shape index (κ3) is 2.15. The minimum atomic E-state index is -0.252. The Bertz CT molecular complexity index is 945. The van der Waals surface area contributed by atoms with Gasteiger partial charge >= 0.3 is 0 Å². The molecule has 0 saturated carbocycles. The fourth-order valence-corrected chi connectivity index (χ4v) is 2.61. The summed E-state index contributed by atoms with van der Waals surface area (Å²) in [5, 5.41) is 0. The van der Waals surface area contributed by atoms with Crippen LogP contribution < -0.4 is 0 Å². The first-order valence-electron chi connectivity index (χ1n) is 6.94. The lowest BCUT2D eigenvalue weighted by atomic mass is 9.97. The molecule has 0 aliphatic carbocycles. The van der Waals surface area contributed by atoms with Gasteiger partial charge in [-0.25, -0.2) is 9.37 Å². The number of hydrogen-bond donors (Lipinski definition) is 0. The molecule has 0 atom stereocenters. The Balaban J connectivity index is 2.03. The van der Waals surface area contributed by atoms with E-state index in [0.29, 0.717) is 0 Å². The molecule has 3 aromatic heterocycles. The van der Waals surface area contributed by atoms with E-state index in [1.807, 2.05) is 41.1 Å². The zero-order valence-corrected chi connectivity index (χ0v) is 11.6. The smallest absolute Gasteiger partial charge is 0.137 e. The Kier molecular flexibility index (Phi) is 2.93. The van der Waals surface area contributed by atoms with E-state index in [4.69, 9.17) is 0 Å². The van der Waals surface area contributed by atoms with E-state index in [2.05, 4.69) is 9.97 Å².